The lowest BCUT2D eigenvalue weighted by Crippen LogP contribution is -2.22. The van der Waals surface area contributed by atoms with Gasteiger partial charge in [0.05, 0.1) is 11.4 Å². The van der Waals surface area contributed by atoms with Crippen LogP contribution in [-0.2, 0) is 5.41 Å². The number of hydrogen-bond donors (Lipinski definition) is 0. The summed E-state index contributed by atoms with van der Waals surface area (Å²) in [6, 6.07) is 72.2. The van der Waals surface area contributed by atoms with Gasteiger partial charge in [0.1, 0.15) is 0 Å². The van der Waals surface area contributed by atoms with Gasteiger partial charge in [0.2, 0.25) is 0 Å². The Balaban J connectivity index is 0.910. The fourth-order valence-electron chi connectivity index (χ4n) is 8.79. The summed E-state index contributed by atoms with van der Waals surface area (Å²) in [6.45, 7) is 2.36. The minimum atomic E-state index is -0.204. The van der Waals surface area contributed by atoms with Crippen LogP contribution in [0.15, 0.2) is 200 Å². The second-order valence-electron chi connectivity index (χ2n) is 15.1. The lowest BCUT2D eigenvalue weighted by molar-refractivity contribution is 0.714. The molecular weight excluding hydrogens is 709 g/mol. The first-order valence-corrected chi connectivity index (χ1v) is 20.3. The van der Waals surface area contributed by atoms with Crippen molar-refractivity contribution in [3.05, 3.63) is 217 Å². The molecule has 2 heterocycles. The molecule has 8 aromatic carbocycles. The summed E-state index contributed by atoms with van der Waals surface area (Å²) in [4.78, 5) is 10.2. The Morgan fingerprint density at radius 1 is 0.368 bits per heavy atom. The summed E-state index contributed by atoms with van der Waals surface area (Å²) in [6.07, 6.45) is 0. The van der Waals surface area contributed by atoms with Crippen LogP contribution < -0.4 is 0 Å². The summed E-state index contributed by atoms with van der Waals surface area (Å²) >= 11 is 1.85. The highest BCUT2D eigenvalue weighted by Crippen LogP contribution is 2.52. The highest BCUT2D eigenvalue weighted by atomic mass is 32.1. The molecule has 0 unspecified atom stereocenters. The molecule has 0 atom stereocenters. The van der Waals surface area contributed by atoms with Crippen LogP contribution >= 0.6 is 11.3 Å². The molecule has 11 rings (SSSR count). The molecule has 10 aromatic rings. The molecule has 0 radical (unpaired) electrons. The van der Waals surface area contributed by atoms with Crippen molar-refractivity contribution in [2.75, 3.05) is 0 Å². The Labute approximate surface area is 336 Å². The maximum Gasteiger partial charge on any atom is 0.160 e. The van der Waals surface area contributed by atoms with E-state index in [1.807, 2.05) is 29.5 Å². The van der Waals surface area contributed by atoms with E-state index in [9.17, 15) is 0 Å². The molecule has 0 N–H and O–H groups in total. The standard InChI is InChI=1S/C54H36N2S/c1-54(47-16-8-5-13-43(47)44-14-6-9-17-48(44)54)42-30-27-36(28-31-42)35-19-23-38(24-20-35)49-34-50(56-53(55-49)40-11-3-2-4-12-40)39-25-21-37(22-26-39)41-29-32-52-46(33-41)45-15-7-10-18-51(45)57-52/h2-34H,1H3. The Hall–Kier alpha value is -6.94. The molecule has 0 amide bonds. The second kappa shape index (κ2) is 13.4. The van der Waals surface area contributed by atoms with Crippen LogP contribution in [0.5, 0.6) is 0 Å². The number of fused-ring (bicyclic) bond motifs is 6. The molecule has 3 heteroatoms. The molecule has 0 aliphatic heterocycles. The average molecular weight is 745 g/mol. The fraction of sp³-hybridized carbons (Fsp3) is 0.0370. The maximum atomic E-state index is 5.11. The third-order valence-corrected chi connectivity index (χ3v) is 13.0. The number of thiophene rings is 1. The third-order valence-electron chi connectivity index (χ3n) is 11.8. The molecule has 0 saturated carbocycles. The van der Waals surface area contributed by atoms with Crippen LogP contribution in [0.4, 0.5) is 0 Å². The zero-order chi connectivity index (χ0) is 37.9. The van der Waals surface area contributed by atoms with Crippen molar-refractivity contribution in [1.29, 1.82) is 0 Å². The van der Waals surface area contributed by atoms with Gasteiger partial charge >= 0.3 is 0 Å². The highest BCUT2D eigenvalue weighted by molar-refractivity contribution is 7.25. The average Bonchev–Trinajstić information content (AvgIpc) is 3.79. The van der Waals surface area contributed by atoms with E-state index in [0.29, 0.717) is 5.82 Å². The molecule has 268 valence electrons. The normalized spacial score (nSPS) is 12.8. The summed E-state index contributed by atoms with van der Waals surface area (Å²) in [5, 5.41) is 2.62. The van der Waals surface area contributed by atoms with E-state index in [-0.39, 0.29) is 5.41 Å². The van der Waals surface area contributed by atoms with Gasteiger partial charge in [-0.25, -0.2) is 9.97 Å². The van der Waals surface area contributed by atoms with Gasteiger partial charge in [-0.2, -0.15) is 0 Å². The van der Waals surface area contributed by atoms with Gasteiger partial charge in [0, 0.05) is 42.3 Å². The minimum absolute atomic E-state index is 0.204. The van der Waals surface area contributed by atoms with E-state index in [1.165, 1.54) is 70.2 Å². The highest BCUT2D eigenvalue weighted by Gasteiger charge is 2.40. The van der Waals surface area contributed by atoms with Gasteiger partial charge in [0.25, 0.3) is 0 Å². The van der Waals surface area contributed by atoms with E-state index in [0.717, 1.165) is 28.1 Å². The maximum absolute atomic E-state index is 5.11. The topological polar surface area (TPSA) is 25.8 Å². The van der Waals surface area contributed by atoms with Crippen LogP contribution in [0.3, 0.4) is 0 Å². The van der Waals surface area contributed by atoms with Crippen molar-refractivity contribution in [2.45, 2.75) is 12.3 Å². The number of rotatable bonds is 6. The molecule has 0 saturated heterocycles. The van der Waals surface area contributed by atoms with Crippen molar-refractivity contribution in [3.63, 3.8) is 0 Å². The molecule has 2 nitrogen and oxygen atoms in total. The van der Waals surface area contributed by atoms with E-state index >= 15 is 0 Å². The first kappa shape index (κ1) is 33.4. The number of aromatic nitrogens is 2. The first-order chi connectivity index (χ1) is 28.1. The minimum Gasteiger partial charge on any atom is -0.228 e. The van der Waals surface area contributed by atoms with Gasteiger partial charge in [-0.1, -0.05) is 176 Å². The van der Waals surface area contributed by atoms with Crippen molar-refractivity contribution in [1.82, 2.24) is 9.97 Å². The van der Waals surface area contributed by atoms with Gasteiger partial charge in [-0.3, -0.25) is 0 Å². The zero-order valence-corrected chi connectivity index (χ0v) is 32.2. The zero-order valence-electron chi connectivity index (χ0n) is 31.4. The van der Waals surface area contributed by atoms with Gasteiger partial charge in [-0.05, 0) is 81.3 Å². The van der Waals surface area contributed by atoms with Crippen LogP contribution in [0.2, 0.25) is 0 Å². The van der Waals surface area contributed by atoms with Crippen LogP contribution in [0.1, 0.15) is 23.6 Å². The molecule has 0 fully saturated rings. The Morgan fingerprint density at radius 3 is 1.47 bits per heavy atom. The van der Waals surface area contributed by atoms with Crippen molar-refractivity contribution in [3.8, 4) is 67.3 Å². The predicted octanol–water partition coefficient (Wildman–Crippen LogP) is 14.5. The Kier molecular flexibility index (Phi) is 7.84. The van der Waals surface area contributed by atoms with Gasteiger partial charge in [0.15, 0.2) is 5.82 Å². The van der Waals surface area contributed by atoms with Crippen LogP contribution in [0, 0.1) is 0 Å². The number of hydrogen-bond acceptors (Lipinski definition) is 3. The number of nitrogens with zero attached hydrogens (tertiary/aromatic N) is 2. The molecule has 57 heavy (non-hydrogen) atoms. The number of benzene rings is 8. The third kappa shape index (κ3) is 5.62. The monoisotopic (exact) mass is 744 g/mol. The summed E-state index contributed by atoms with van der Waals surface area (Å²) in [5.74, 6) is 0.713. The van der Waals surface area contributed by atoms with Crippen LogP contribution in [-0.4, -0.2) is 9.97 Å². The fourth-order valence-corrected chi connectivity index (χ4v) is 9.88. The molecule has 2 aromatic heterocycles. The predicted molar refractivity (Wildman–Crippen MR) is 240 cm³/mol. The van der Waals surface area contributed by atoms with Gasteiger partial charge < -0.3 is 0 Å². The summed E-state index contributed by atoms with van der Waals surface area (Å²) in [5.41, 5.74) is 16.1. The summed E-state index contributed by atoms with van der Waals surface area (Å²) < 4.78 is 2.64. The summed E-state index contributed by atoms with van der Waals surface area (Å²) in [7, 11) is 0. The lowest BCUT2D eigenvalue weighted by atomic mass is 9.74. The van der Waals surface area contributed by atoms with Crippen molar-refractivity contribution < 1.29 is 0 Å². The van der Waals surface area contributed by atoms with E-state index in [4.69, 9.17) is 9.97 Å². The quantitative estimate of drug-likeness (QED) is 0.169. The SMILES string of the molecule is CC1(c2ccc(-c3ccc(-c4cc(-c5ccc(-c6ccc7sc8ccccc8c7c6)cc5)nc(-c5ccccc5)n4)cc3)cc2)c2ccccc2-c2ccccc21. The largest absolute Gasteiger partial charge is 0.228 e. The Bertz CT molecular complexity index is 3060. The van der Waals surface area contributed by atoms with E-state index < -0.39 is 0 Å². The molecular formula is C54H36N2S. The van der Waals surface area contributed by atoms with Crippen molar-refractivity contribution >= 4 is 31.5 Å². The Morgan fingerprint density at radius 2 is 0.842 bits per heavy atom. The second-order valence-corrected chi connectivity index (χ2v) is 16.2. The molecule has 0 spiro atoms. The van der Waals surface area contributed by atoms with E-state index in [1.54, 1.807) is 0 Å². The first-order valence-electron chi connectivity index (χ1n) is 19.5. The molecule has 0 bridgehead atoms. The van der Waals surface area contributed by atoms with Crippen LogP contribution in [0.25, 0.3) is 87.5 Å². The lowest BCUT2D eigenvalue weighted by Gasteiger charge is -2.28. The molecule has 1 aliphatic rings. The van der Waals surface area contributed by atoms with Gasteiger partial charge in [-0.15, -0.1) is 11.3 Å². The molecule has 1 aliphatic carbocycles. The smallest absolute Gasteiger partial charge is 0.160 e. The van der Waals surface area contributed by atoms with E-state index in [2.05, 4.69) is 189 Å². The van der Waals surface area contributed by atoms with Crippen molar-refractivity contribution in [2.24, 2.45) is 0 Å².